The number of primary amides is 1. The molecule has 0 unspecified atom stereocenters. The Morgan fingerprint density at radius 1 is 1.44 bits per heavy atom. The lowest BCUT2D eigenvalue weighted by Gasteiger charge is -2.17. The highest BCUT2D eigenvalue weighted by Crippen LogP contribution is 2.25. The molecule has 0 saturated heterocycles. The van der Waals surface area contributed by atoms with Gasteiger partial charge in [-0.25, -0.2) is 0 Å². The summed E-state index contributed by atoms with van der Waals surface area (Å²) in [7, 11) is 1.82. The Morgan fingerprint density at radius 2 is 2.17 bits per heavy atom. The molecule has 1 aromatic carbocycles. The van der Waals surface area contributed by atoms with Crippen molar-refractivity contribution in [1.82, 2.24) is 4.90 Å². The van der Waals surface area contributed by atoms with Crippen LogP contribution in [0.15, 0.2) is 24.3 Å². The van der Waals surface area contributed by atoms with E-state index in [-0.39, 0.29) is 12.5 Å². The molecule has 18 heavy (non-hydrogen) atoms. The fourth-order valence-electron chi connectivity index (χ4n) is 1.75. The summed E-state index contributed by atoms with van der Waals surface area (Å²) in [6.07, 6.45) is 2.19. The molecular weight excluding hydrogens is 230 g/mol. The molecule has 0 bridgehead atoms. The van der Waals surface area contributed by atoms with E-state index in [1.807, 2.05) is 7.05 Å². The van der Waals surface area contributed by atoms with Crippen molar-refractivity contribution >= 4 is 17.5 Å². The molecule has 2 amide bonds. The summed E-state index contributed by atoms with van der Waals surface area (Å²) >= 11 is 0. The van der Waals surface area contributed by atoms with Gasteiger partial charge in [0.2, 0.25) is 11.8 Å². The standard InChI is InChI=1S/C13H17N3O2/c1-16(11-5-6-11)12(17)8-15-10-4-2-3-9(7-10)13(14)18/h2-4,7,11,15H,5-6,8H2,1H3,(H2,14,18). The van der Waals surface area contributed by atoms with Crippen LogP contribution in [0.2, 0.25) is 0 Å². The van der Waals surface area contributed by atoms with Crippen LogP contribution in [0.25, 0.3) is 0 Å². The lowest BCUT2D eigenvalue weighted by Crippen LogP contribution is -2.33. The number of hydrogen-bond donors (Lipinski definition) is 2. The molecule has 1 fully saturated rings. The molecule has 5 nitrogen and oxygen atoms in total. The molecule has 5 heteroatoms. The molecule has 96 valence electrons. The van der Waals surface area contributed by atoms with Crippen LogP contribution in [0.5, 0.6) is 0 Å². The molecule has 0 aromatic heterocycles. The number of nitrogens with one attached hydrogen (secondary N) is 1. The second-order valence-electron chi connectivity index (χ2n) is 4.53. The molecule has 1 saturated carbocycles. The predicted molar refractivity (Wildman–Crippen MR) is 69.2 cm³/mol. The van der Waals surface area contributed by atoms with Crippen LogP contribution in [0.1, 0.15) is 23.2 Å². The number of amides is 2. The van der Waals surface area contributed by atoms with Gasteiger partial charge in [-0.15, -0.1) is 0 Å². The van der Waals surface area contributed by atoms with Gasteiger partial charge in [0.15, 0.2) is 0 Å². The highest BCUT2D eigenvalue weighted by molar-refractivity contribution is 5.93. The Bertz CT molecular complexity index is 469. The maximum Gasteiger partial charge on any atom is 0.248 e. The van der Waals surface area contributed by atoms with Gasteiger partial charge >= 0.3 is 0 Å². The molecule has 2 rings (SSSR count). The third kappa shape index (κ3) is 3.00. The largest absolute Gasteiger partial charge is 0.376 e. The van der Waals surface area contributed by atoms with Crippen molar-refractivity contribution in [3.8, 4) is 0 Å². The number of anilines is 1. The molecule has 3 N–H and O–H groups in total. The minimum absolute atomic E-state index is 0.0574. The number of likely N-dealkylation sites (N-methyl/N-ethyl adjacent to an activating group) is 1. The predicted octanol–water partition coefficient (Wildman–Crippen LogP) is 0.818. The van der Waals surface area contributed by atoms with E-state index in [4.69, 9.17) is 5.73 Å². The van der Waals surface area contributed by atoms with Gasteiger partial charge in [0.25, 0.3) is 0 Å². The topological polar surface area (TPSA) is 75.4 Å². The number of hydrogen-bond acceptors (Lipinski definition) is 3. The molecule has 0 aliphatic heterocycles. The zero-order chi connectivity index (χ0) is 13.1. The molecule has 1 aromatic rings. The van der Waals surface area contributed by atoms with Crippen molar-refractivity contribution in [3.05, 3.63) is 29.8 Å². The molecule has 0 heterocycles. The van der Waals surface area contributed by atoms with Crippen LogP contribution in [0, 0.1) is 0 Å². The summed E-state index contributed by atoms with van der Waals surface area (Å²) in [5.41, 5.74) is 6.35. The number of carbonyl (C=O) groups is 2. The summed E-state index contributed by atoms with van der Waals surface area (Å²) in [5, 5.41) is 3.00. The first-order chi connectivity index (χ1) is 8.58. The quantitative estimate of drug-likeness (QED) is 0.808. The fraction of sp³-hybridized carbons (Fsp3) is 0.385. The molecule has 0 spiro atoms. The molecule has 1 aliphatic rings. The first kappa shape index (κ1) is 12.4. The van der Waals surface area contributed by atoms with E-state index in [2.05, 4.69) is 5.32 Å². The highest BCUT2D eigenvalue weighted by Gasteiger charge is 2.29. The van der Waals surface area contributed by atoms with Gasteiger partial charge in [0.05, 0.1) is 6.54 Å². The lowest BCUT2D eigenvalue weighted by atomic mass is 10.2. The minimum Gasteiger partial charge on any atom is -0.376 e. The first-order valence-electron chi connectivity index (χ1n) is 5.97. The molecule has 1 aliphatic carbocycles. The van der Waals surface area contributed by atoms with Gasteiger partial charge in [0, 0.05) is 24.3 Å². The SMILES string of the molecule is CN(C(=O)CNc1cccc(C(N)=O)c1)C1CC1. The van der Waals surface area contributed by atoms with Gasteiger partial charge in [-0.3, -0.25) is 9.59 Å². The number of nitrogens with zero attached hydrogens (tertiary/aromatic N) is 1. The van der Waals surface area contributed by atoms with Crippen molar-refractivity contribution in [2.75, 3.05) is 18.9 Å². The Labute approximate surface area is 106 Å². The maximum atomic E-state index is 11.8. The fourth-order valence-corrected chi connectivity index (χ4v) is 1.75. The molecule has 0 atom stereocenters. The number of nitrogens with two attached hydrogens (primary N) is 1. The van der Waals surface area contributed by atoms with Crippen molar-refractivity contribution in [3.63, 3.8) is 0 Å². The Kier molecular flexibility index (Phi) is 3.50. The first-order valence-corrected chi connectivity index (χ1v) is 5.97. The highest BCUT2D eigenvalue weighted by atomic mass is 16.2. The Hall–Kier alpha value is -2.04. The van der Waals surface area contributed by atoms with E-state index < -0.39 is 5.91 Å². The van der Waals surface area contributed by atoms with Gasteiger partial charge in [0.1, 0.15) is 0 Å². The van der Waals surface area contributed by atoms with Gasteiger partial charge < -0.3 is 16.0 Å². The summed E-state index contributed by atoms with van der Waals surface area (Å²) in [5.74, 6) is -0.415. The number of carbonyl (C=O) groups excluding carboxylic acids is 2. The zero-order valence-electron chi connectivity index (χ0n) is 10.3. The van der Waals surface area contributed by atoms with Gasteiger partial charge in [-0.2, -0.15) is 0 Å². The maximum absolute atomic E-state index is 11.8. The Balaban J connectivity index is 1.91. The molecular formula is C13H17N3O2. The third-order valence-corrected chi connectivity index (χ3v) is 3.08. The van der Waals surface area contributed by atoms with Crippen molar-refractivity contribution in [2.45, 2.75) is 18.9 Å². The third-order valence-electron chi connectivity index (χ3n) is 3.08. The van der Waals surface area contributed by atoms with Gasteiger partial charge in [-0.1, -0.05) is 6.07 Å². The summed E-state index contributed by atoms with van der Waals surface area (Å²) < 4.78 is 0. The van der Waals surface area contributed by atoms with E-state index in [9.17, 15) is 9.59 Å². The normalized spacial score (nSPS) is 14.1. The average molecular weight is 247 g/mol. The summed E-state index contributed by atoms with van der Waals surface area (Å²) in [6.45, 7) is 0.231. The molecule has 0 radical (unpaired) electrons. The lowest BCUT2D eigenvalue weighted by molar-refractivity contribution is -0.128. The van der Waals surface area contributed by atoms with Crippen molar-refractivity contribution < 1.29 is 9.59 Å². The van der Waals surface area contributed by atoms with Crippen molar-refractivity contribution in [1.29, 1.82) is 0 Å². The minimum atomic E-state index is -0.472. The summed E-state index contributed by atoms with van der Waals surface area (Å²) in [4.78, 5) is 24.6. The van der Waals surface area contributed by atoms with Crippen LogP contribution >= 0.6 is 0 Å². The van der Waals surface area contributed by atoms with E-state index in [0.717, 1.165) is 18.5 Å². The second-order valence-corrected chi connectivity index (χ2v) is 4.53. The summed E-state index contributed by atoms with van der Waals surface area (Å²) in [6, 6.07) is 7.24. The zero-order valence-corrected chi connectivity index (χ0v) is 10.3. The van der Waals surface area contributed by atoms with Crippen LogP contribution < -0.4 is 11.1 Å². The van der Waals surface area contributed by atoms with Crippen LogP contribution in [-0.4, -0.2) is 36.3 Å². The Morgan fingerprint density at radius 3 is 2.78 bits per heavy atom. The van der Waals surface area contributed by atoms with E-state index in [0.29, 0.717) is 11.6 Å². The second kappa shape index (κ2) is 5.08. The monoisotopic (exact) mass is 247 g/mol. The van der Waals surface area contributed by atoms with Crippen LogP contribution in [-0.2, 0) is 4.79 Å². The van der Waals surface area contributed by atoms with Gasteiger partial charge in [-0.05, 0) is 31.0 Å². The van der Waals surface area contributed by atoms with Crippen LogP contribution in [0.3, 0.4) is 0 Å². The van der Waals surface area contributed by atoms with Crippen molar-refractivity contribution in [2.24, 2.45) is 5.73 Å². The number of benzene rings is 1. The average Bonchev–Trinajstić information content (AvgIpc) is 3.19. The van der Waals surface area contributed by atoms with E-state index in [1.165, 1.54) is 0 Å². The van der Waals surface area contributed by atoms with E-state index in [1.54, 1.807) is 29.2 Å². The van der Waals surface area contributed by atoms with Crippen LogP contribution in [0.4, 0.5) is 5.69 Å². The van der Waals surface area contributed by atoms with E-state index >= 15 is 0 Å². The number of rotatable bonds is 5. The smallest absolute Gasteiger partial charge is 0.248 e.